The summed E-state index contributed by atoms with van der Waals surface area (Å²) in [4.78, 5) is 12.1. The molecule has 1 aromatic rings. The SMILES string of the molecule is COc1cc(Cl)ccc1C(=O)NCC1CCCC1Cl. The van der Waals surface area contributed by atoms with Crippen LogP contribution in [0, 0.1) is 5.92 Å². The largest absolute Gasteiger partial charge is 0.496 e. The molecular formula is C14H17Cl2NO2. The zero-order valence-corrected chi connectivity index (χ0v) is 12.3. The van der Waals surface area contributed by atoms with E-state index in [4.69, 9.17) is 27.9 Å². The van der Waals surface area contributed by atoms with Gasteiger partial charge >= 0.3 is 0 Å². The zero-order valence-electron chi connectivity index (χ0n) is 10.8. The van der Waals surface area contributed by atoms with Gasteiger partial charge in [-0.05, 0) is 37.0 Å². The lowest BCUT2D eigenvalue weighted by Gasteiger charge is -2.15. The van der Waals surface area contributed by atoms with Crippen LogP contribution in [0.2, 0.25) is 5.02 Å². The van der Waals surface area contributed by atoms with Crippen LogP contribution in [-0.4, -0.2) is 24.9 Å². The lowest BCUT2D eigenvalue weighted by molar-refractivity contribution is 0.0944. The fourth-order valence-corrected chi connectivity index (χ4v) is 2.92. The average Bonchev–Trinajstić information content (AvgIpc) is 2.81. The molecule has 104 valence electrons. The summed E-state index contributed by atoms with van der Waals surface area (Å²) in [7, 11) is 1.52. The first-order valence-corrected chi connectivity index (χ1v) is 7.19. The number of nitrogens with one attached hydrogen (secondary N) is 1. The molecule has 1 saturated carbocycles. The molecular weight excluding hydrogens is 285 g/mol. The number of ether oxygens (including phenoxy) is 1. The fraction of sp³-hybridized carbons (Fsp3) is 0.500. The number of rotatable bonds is 4. The lowest BCUT2D eigenvalue weighted by atomic mass is 10.1. The van der Waals surface area contributed by atoms with Gasteiger partial charge in [0.2, 0.25) is 0 Å². The number of halogens is 2. The minimum atomic E-state index is -0.149. The first-order valence-electron chi connectivity index (χ1n) is 6.37. The summed E-state index contributed by atoms with van der Waals surface area (Å²) >= 11 is 12.1. The normalized spacial score (nSPS) is 22.3. The highest BCUT2D eigenvalue weighted by molar-refractivity contribution is 6.30. The van der Waals surface area contributed by atoms with Crippen LogP contribution in [0.3, 0.4) is 0 Å². The number of benzene rings is 1. The van der Waals surface area contributed by atoms with Gasteiger partial charge in [-0.15, -0.1) is 11.6 Å². The van der Waals surface area contributed by atoms with E-state index in [-0.39, 0.29) is 11.3 Å². The van der Waals surface area contributed by atoms with E-state index in [2.05, 4.69) is 5.32 Å². The van der Waals surface area contributed by atoms with Gasteiger partial charge in [0.05, 0.1) is 12.7 Å². The molecule has 3 nitrogen and oxygen atoms in total. The third-order valence-corrected chi connectivity index (χ3v) is 4.31. The maximum Gasteiger partial charge on any atom is 0.255 e. The van der Waals surface area contributed by atoms with Crippen LogP contribution in [0.25, 0.3) is 0 Å². The molecule has 0 saturated heterocycles. The molecule has 0 radical (unpaired) electrons. The van der Waals surface area contributed by atoms with Crippen molar-refractivity contribution >= 4 is 29.1 Å². The monoisotopic (exact) mass is 301 g/mol. The number of carbonyl (C=O) groups excluding carboxylic acids is 1. The summed E-state index contributed by atoms with van der Waals surface area (Å²) < 4.78 is 5.17. The molecule has 19 heavy (non-hydrogen) atoms. The van der Waals surface area contributed by atoms with Crippen LogP contribution in [-0.2, 0) is 0 Å². The highest BCUT2D eigenvalue weighted by atomic mass is 35.5. The van der Waals surface area contributed by atoms with Gasteiger partial charge in [0.1, 0.15) is 5.75 Å². The van der Waals surface area contributed by atoms with E-state index in [9.17, 15) is 4.79 Å². The maximum atomic E-state index is 12.1. The zero-order chi connectivity index (χ0) is 13.8. The summed E-state index contributed by atoms with van der Waals surface area (Å²) in [5, 5.41) is 3.64. The van der Waals surface area contributed by atoms with Gasteiger partial charge in [-0.25, -0.2) is 0 Å². The van der Waals surface area contributed by atoms with Crippen LogP contribution in [0.15, 0.2) is 18.2 Å². The van der Waals surface area contributed by atoms with Crippen LogP contribution < -0.4 is 10.1 Å². The summed E-state index contributed by atoms with van der Waals surface area (Å²) in [5.41, 5.74) is 0.496. The second-order valence-electron chi connectivity index (χ2n) is 4.76. The van der Waals surface area contributed by atoms with Gasteiger partial charge in [0.25, 0.3) is 5.91 Å². The molecule has 5 heteroatoms. The number of methoxy groups -OCH3 is 1. The molecule has 2 rings (SSSR count). The van der Waals surface area contributed by atoms with E-state index in [0.29, 0.717) is 28.8 Å². The molecule has 0 bridgehead atoms. The Hall–Kier alpha value is -0.930. The smallest absolute Gasteiger partial charge is 0.255 e. The lowest BCUT2D eigenvalue weighted by Crippen LogP contribution is -2.31. The van der Waals surface area contributed by atoms with Gasteiger partial charge in [-0.1, -0.05) is 18.0 Å². The van der Waals surface area contributed by atoms with E-state index < -0.39 is 0 Å². The summed E-state index contributed by atoms with van der Waals surface area (Å²) in [6.07, 6.45) is 3.25. The van der Waals surface area contributed by atoms with Gasteiger partial charge < -0.3 is 10.1 Å². The Balaban J connectivity index is 1.99. The molecule has 1 aliphatic rings. The molecule has 1 amide bonds. The van der Waals surface area contributed by atoms with E-state index >= 15 is 0 Å². The van der Waals surface area contributed by atoms with Crippen LogP contribution in [0.5, 0.6) is 5.75 Å². The van der Waals surface area contributed by atoms with Crippen molar-refractivity contribution in [1.82, 2.24) is 5.32 Å². The standard InChI is InChI=1S/C14H17Cl2NO2/c1-19-13-7-10(15)5-6-11(13)14(18)17-8-9-3-2-4-12(9)16/h5-7,9,12H,2-4,8H2,1H3,(H,17,18). The van der Waals surface area contributed by atoms with Crippen LogP contribution in [0.1, 0.15) is 29.6 Å². The van der Waals surface area contributed by atoms with E-state index in [1.54, 1.807) is 18.2 Å². The number of carbonyl (C=O) groups is 1. The third kappa shape index (κ3) is 3.54. The van der Waals surface area contributed by atoms with E-state index in [1.165, 1.54) is 7.11 Å². The van der Waals surface area contributed by atoms with Gasteiger partial charge in [-0.3, -0.25) is 4.79 Å². The number of alkyl halides is 1. The minimum absolute atomic E-state index is 0.149. The Morgan fingerprint density at radius 1 is 1.47 bits per heavy atom. The van der Waals surface area contributed by atoms with Crippen molar-refractivity contribution in [2.24, 2.45) is 5.92 Å². The second-order valence-corrected chi connectivity index (χ2v) is 5.76. The fourth-order valence-electron chi connectivity index (χ4n) is 2.39. The van der Waals surface area contributed by atoms with Crippen molar-refractivity contribution in [2.75, 3.05) is 13.7 Å². The van der Waals surface area contributed by atoms with Crippen molar-refractivity contribution in [3.63, 3.8) is 0 Å². The third-order valence-electron chi connectivity index (χ3n) is 3.50. The van der Waals surface area contributed by atoms with Crippen LogP contribution in [0.4, 0.5) is 0 Å². The quantitative estimate of drug-likeness (QED) is 0.865. The maximum absolute atomic E-state index is 12.1. The molecule has 1 fully saturated rings. The first kappa shape index (κ1) is 14.5. The summed E-state index contributed by atoms with van der Waals surface area (Å²) in [6, 6.07) is 4.98. The molecule has 0 aliphatic heterocycles. The van der Waals surface area contributed by atoms with Crippen molar-refractivity contribution < 1.29 is 9.53 Å². The number of hydrogen-bond donors (Lipinski definition) is 1. The topological polar surface area (TPSA) is 38.3 Å². The summed E-state index contributed by atoms with van der Waals surface area (Å²) in [6.45, 7) is 0.610. The molecule has 1 aliphatic carbocycles. The van der Waals surface area contributed by atoms with Gasteiger partial charge in [-0.2, -0.15) is 0 Å². The first-order chi connectivity index (χ1) is 9.11. The predicted octanol–water partition coefficient (Wildman–Crippen LogP) is 3.49. The van der Waals surface area contributed by atoms with Crippen molar-refractivity contribution in [3.8, 4) is 5.75 Å². The van der Waals surface area contributed by atoms with Crippen LogP contribution >= 0.6 is 23.2 Å². The van der Waals surface area contributed by atoms with E-state index in [0.717, 1.165) is 19.3 Å². The molecule has 0 aromatic heterocycles. The van der Waals surface area contributed by atoms with Gasteiger partial charge in [0, 0.05) is 16.9 Å². The Morgan fingerprint density at radius 2 is 2.26 bits per heavy atom. The van der Waals surface area contributed by atoms with Crippen molar-refractivity contribution in [3.05, 3.63) is 28.8 Å². The molecule has 1 N–H and O–H groups in total. The highest BCUT2D eigenvalue weighted by Crippen LogP contribution is 2.29. The molecule has 0 spiro atoms. The molecule has 2 atom stereocenters. The second kappa shape index (κ2) is 6.49. The van der Waals surface area contributed by atoms with Gasteiger partial charge in [0.15, 0.2) is 0 Å². The van der Waals surface area contributed by atoms with Crippen molar-refractivity contribution in [2.45, 2.75) is 24.6 Å². The Labute approximate surface area is 123 Å². The number of hydrogen-bond acceptors (Lipinski definition) is 2. The van der Waals surface area contributed by atoms with E-state index in [1.807, 2.05) is 0 Å². The molecule has 1 aromatic carbocycles. The minimum Gasteiger partial charge on any atom is -0.496 e. The number of amides is 1. The predicted molar refractivity (Wildman–Crippen MR) is 77.3 cm³/mol. The average molecular weight is 302 g/mol. The Kier molecular flexibility index (Phi) is 4.94. The highest BCUT2D eigenvalue weighted by Gasteiger charge is 2.25. The molecule has 2 unspecified atom stereocenters. The Morgan fingerprint density at radius 3 is 2.89 bits per heavy atom. The molecule has 0 heterocycles. The Bertz CT molecular complexity index is 465. The van der Waals surface area contributed by atoms with Crippen molar-refractivity contribution in [1.29, 1.82) is 0 Å². The summed E-state index contributed by atoms with van der Waals surface area (Å²) in [5.74, 6) is 0.701.